The third-order valence-electron chi connectivity index (χ3n) is 5.23. The third kappa shape index (κ3) is 2.92. The van der Waals surface area contributed by atoms with Gasteiger partial charge in [0.1, 0.15) is 0 Å². The van der Waals surface area contributed by atoms with E-state index >= 15 is 0 Å². The zero-order valence-electron chi connectivity index (χ0n) is 13.5. The maximum atomic E-state index is 11.7. The number of carbonyl (C=O) groups excluding carboxylic acids is 1. The van der Waals surface area contributed by atoms with E-state index in [-0.39, 0.29) is 17.4 Å². The lowest BCUT2D eigenvalue weighted by Crippen LogP contribution is -2.58. The molecule has 0 aromatic rings. The summed E-state index contributed by atoms with van der Waals surface area (Å²) in [5.41, 5.74) is 6.20. The minimum Gasteiger partial charge on any atom is -0.381 e. The van der Waals surface area contributed by atoms with Crippen molar-refractivity contribution in [1.82, 2.24) is 4.90 Å². The van der Waals surface area contributed by atoms with E-state index in [2.05, 4.69) is 31.7 Å². The Balaban J connectivity index is 2.33. The number of hydrogen-bond donors (Lipinski definition) is 1. The Kier molecular flexibility index (Phi) is 5.22. The van der Waals surface area contributed by atoms with Crippen molar-refractivity contribution in [2.75, 3.05) is 19.8 Å². The summed E-state index contributed by atoms with van der Waals surface area (Å²) in [6, 6.07) is 0.517. The molecular formula is C17H28N2O2. The van der Waals surface area contributed by atoms with Crippen molar-refractivity contribution < 1.29 is 9.53 Å². The highest BCUT2D eigenvalue weighted by Gasteiger charge is 2.44. The second kappa shape index (κ2) is 6.75. The predicted molar refractivity (Wildman–Crippen MR) is 84.8 cm³/mol. The van der Waals surface area contributed by atoms with Gasteiger partial charge in [0.15, 0.2) is 0 Å². The number of ether oxygens (including phenoxy) is 1. The molecule has 21 heavy (non-hydrogen) atoms. The molecule has 2 rings (SSSR count). The molecule has 1 amide bonds. The number of nitrogens with zero attached hydrogens (tertiary/aromatic N) is 1. The van der Waals surface area contributed by atoms with Crippen molar-refractivity contribution in [3.8, 4) is 0 Å². The topological polar surface area (TPSA) is 55.6 Å². The number of carbonyl (C=O) groups is 1. The lowest BCUT2D eigenvalue weighted by molar-refractivity contribution is -0.115. The first-order valence-corrected chi connectivity index (χ1v) is 8.10. The maximum Gasteiger partial charge on any atom is 0.244 e. The number of nitrogens with two attached hydrogens (primary N) is 1. The van der Waals surface area contributed by atoms with Crippen molar-refractivity contribution in [3.63, 3.8) is 0 Å². The summed E-state index contributed by atoms with van der Waals surface area (Å²) < 4.78 is 5.50. The van der Waals surface area contributed by atoms with Gasteiger partial charge in [-0.15, -0.1) is 0 Å². The fraction of sp³-hybridized carbons (Fsp3) is 0.706. The van der Waals surface area contributed by atoms with Crippen LogP contribution in [0.25, 0.3) is 0 Å². The molecule has 1 aliphatic carbocycles. The van der Waals surface area contributed by atoms with E-state index in [1.807, 2.05) is 12.2 Å². The molecule has 4 heteroatoms. The molecule has 1 heterocycles. The number of allylic oxidation sites excluding steroid dienone is 2. The molecule has 2 N–H and O–H groups in total. The molecule has 1 saturated heterocycles. The van der Waals surface area contributed by atoms with E-state index in [1.54, 1.807) is 0 Å². The summed E-state index contributed by atoms with van der Waals surface area (Å²) in [7, 11) is 0. The average Bonchev–Trinajstić information content (AvgIpc) is 2.50. The molecule has 0 bridgehead atoms. The number of likely N-dealkylation sites (N-methyl/N-ethyl adjacent to an activating group) is 1. The van der Waals surface area contributed by atoms with E-state index in [1.165, 1.54) is 0 Å². The van der Waals surface area contributed by atoms with E-state index in [9.17, 15) is 4.79 Å². The van der Waals surface area contributed by atoms with Gasteiger partial charge in [-0.1, -0.05) is 39.0 Å². The van der Waals surface area contributed by atoms with Crippen LogP contribution in [0, 0.1) is 5.92 Å². The van der Waals surface area contributed by atoms with Crippen LogP contribution >= 0.6 is 0 Å². The molecule has 4 nitrogen and oxygen atoms in total. The normalized spacial score (nSPS) is 30.5. The zero-order valence-corrected chi connectivity index (χ0v) is 13.5. The fourth-order valence-corrected chi connectivity index (χ4v) is 4.03. The van der Waals surface area contributed by atoms with Crippen molar-refractivity contribution in [2.45, 2.75) is 51.6 Å². The first-order chi connectivity index (χ1) is 10.1. The van der Waals surface area contributed by atoms with Crippen molar-refractivity contribution in [3.05, 3.63) is 23.8 Å². The van der Waals surface area contributed by atoms with Gasteiger partial charge in [0.2, 0.25) is 5.91 Å². The Morgan fingerprint density at radius 3 is 2.62 bits per heavy atom. The zero-order chi connectivity index (χ0) is 15.5. The van der Waals surface area contributed by atoms with Gasteiger partial charge in [-0.25, -0.2) is 0 Å². The Morgan fingerprint density at radius 2 is 2.10 bits per heavy atom. The van der Waals surface area contributed by atoms with Crippen LogP contribution in [0.1, 0.15) is 40.0 Å². The van der Waals surface area contributed by atoms with E-state index in [4.69, 9.17) is 10.5 Å². The second-order valence-electron chi connectivity index (χ2n) is 6.04. The standard InChI is InChI=1S/C17H28N2O2/c1-4-17(10-6-7-15(13(17)3)16(18)20)19(5-2)14-8-11-21-12-9-14/h6-7,10,13-14H,4-5,8-9,11-12H2,1-3H3,(H2,18,20). The quantitative estimate of drug-likeness (QED) is 0.845. The van der Waals surface area contributed by atoms with Crippen LogP contribution in [-0.4, -0.2) is 42.1 Å². The van der Waals surface area contributed by atoms with Crippen LogP contribution in [0.2, 0.25) is 0 Å². The van der Waals surface area contributed by atoms with Gasteiger partial charge >= 0.3 is 0 Å². The Labute approximate surface area is 128 Å². The maximum absolute atomic E-state index is 11.7. The molecular weight excluding hydrogens is 264 g/mol. The fourth-order valence-electron chi connectivity index (χ4n) is 4.03. The van der Waals surface area contributed by atoms with Gasteiger partial charge < -0.3 is 10.5 Å². The first kappa shape index (κ1) is 16.2. The number of rotatable bonds is 5. The molecule has 1 fully saturated rings. The van der Waals surface area contributed by atoms with Gasteiger partial charge in [0, 0.05) is 36.3 Å². The number of amides is 1. The second-order valence-corrected chi connectivity index (χ2v) is 6.04. The highest BCUT2D eigenvalue weighted by Crippen LogP contribution is 2.40. The van der Waals surface area contributed by atoms with E-state index < -0.39 is 0 Å². The third-order valence-corrected chi connectivity index (χ3v) is 5.23. The molecule has 118 valence electrons. The molecule has 2 aliphatic rings. The highest BCUT2D eigenvalue weighted by molar-refractivity contribution is 5.93. The molecule has 0 spiro atoms. The van der Waals surface area contributed by atoms with Crippen LogP contribution in [0.5, 0.6) is 0 Å². The largest absolute Gasteiger partial charge is 0.381 e. The van der Waals surface area contributed by atoms with E-state index in [0.29, 0.717) is 6.04 Å². The summed E-state index contributed by atoms with van der Waals surface area (Å²) in [5.74, 6) is -0.180. The van der Waals surface area contributed by atoms with Gasteiger partial charge in [0.25, 0.3) is 0 Å². The minimum atomic E-state index is -0.298. The predicted octanol–water partition coefficient (Wildman–Crippen LogP) is 2.25. The smallest absolute Gasteiger partial charge is 0.244 e. The Bertz CT molecular complexity index is 438. The van der Waals surface area contributed by atoms with Crippen LogP contribution in [0.4, 0.5) is 0 Å². The summed E-state index contributed by atoms with van der Waals surface area (Å²) in [4.78, 5) is 14.3. The molecule has 1 aliphatic heterocycles. The van der Waals surface area contributed by atoms with Crippen LogP contribution in [-0.2, 0) is 9.53 Å². The monoisotopic (exact) mass is 292 g/mol. The highest BCUT2D eigenvalue weighted by atomic mass is 16.5. The number of hydrogen-bond acceptors (Lipinski definition) is 3. The molecule has 0 aromatic carbocycles. The SMILES string of the molecule is CCN(C1CCOCC1)C1(CC)C=CC=C(C(N)=O)C1C. The van der Waals surface area contributed by atoms with Crippen molar-refractivity contribution >= 4 is 5.91 Å². The summed E-state index contributed by atoms with van der Waals surface area (Å²) >= 11 is 0. The van der Waals surface area contributed by atoms with Crippen molar-refractivity contribution in [2.24, 2.45) is 11.7 Å². The lowest BCUT2D eigenvalue weighted by atomic mass is 9.72. The first-order valence-electron chi connectivity index (χ1n) is 8.10. The van der Waals surface area contributed by atoms with Gasteiger partial charge in [-0.3, -0.25) is 9.69 Å². The van der Waals surface area contributed by atoms with Crippen LogP contribution in [0.3, 0.4) is 0 Å². The van der Waals surface area contributed by atoms with Gasteiger partial charge in [0.05, 0.1) is 0 Å². The Morgan fingerprint density at radius 1 is 1.43 bits per heavy atom. The van der Waals surface area contributed by atoms with Gasteiger partial charge in [-0.2, -0.15) is 0 Å². The Hall–Kier alpha value is -1.13. The molecule has 0 saturated carbocycles. The van der Waals surface area contributed by atoms with E-state index in [0.717, 1.165) is 44.6 Å². The van der Waals surface area contributed by atoms with Crippen LogP contribution < -0.4 is 5.73 Å². The summed E-state index contributed by atoms with van der Waals surface area (Å²) in [6.45, 7) is 9.17. The summed E-state index contributed by atoms with van der Waals surface area (Å²) in [6.07, 6.45) is 9.24. The molecule has 0 radical (unpaired) electrons. The van der Waals surface area contributed by atoms with Gasteiger partial charge in [-0.05, 0) is 25.8 Å². The summed E-state index contributed by atoms with van der Waals surface area (Å²) in [5, 5.41) is 0. The average molecular weight is 292 g/mol. The van der Waals surface area contributed by atoms with Crippen LogP contribution in [0.15, 0.2) is 23.8 Å². The minimum absolute atomic E-state index is 0.115. The number of primary amides is 1. The molecule has 0 aromatic heterocycles. The molecule has 2 unspecified atom stereocenters. The molecule has 2 atom stereocenters. The lowest BCUT2D eigenvalue weighted by Gasteiger charge is -2.51. The van der Waals surface area contributed by atoms with Crippen molar-refractivity contribution in [1.29, 1.82) is 0 Å².